The molecular weight excluding hydrogens is 174 g/mol. The van der Waals surface area contributed by atoms with Gasteiger partial charge in [0.15, 0.2) is 4.77 Å². The third-order valence-electron chi connectivity index (χ3n) is 1.38. The molecule has 0 saturated carbocycles. The molecule has 1 heterocycles. The van der Waals surface area contributed by atoms with Crippen LogP contribution in [-0.4, -0.2) is 15.2 Å². The third kappa shape index (κ3) is 2.27. The van der Waals surface area contributed by atoms with Crippen LogP contribution in [0.1, 0.15) is 19.5 Å². The van der Waals surface area contributed by atoms with E-state index in [-0.39, 0.29) is 10.3 Å². The van der Waals surface area contributed by atoms with Crippen LogP contribution < -0.4 is 5.56 Å². The Morgan fingerprint density at radius 2 is 2.25 bits per heavy atom. The summed E-state index contributed by atoms with van der Waals surface area (Å²) in [6.45, 7) is 4.06. The molecule has 0 spiro atoms. The van der Waals surface area contributed by atoms with E-state index in [0.717, 1.165) is 0 Å². The van der Waals surface area contributed by atoms with Crippen molar-refractivity contribution in [1.82, 2.24) is 15.2 Å². The molecule has 66 valence electrons. The molecule has 0 atom stereocenters. The van der Waals surface area contributed by atoms with Crippen LogP contribution in [0.25, 0.3) is 0 Å². The van der Waals surface area contributed by atoms with Crippen molar-refractivity contribution in [2.45, 2.75) is 20.3 Å². The number of nitrogens with zero attached hydrogens (tertiary/aromatic N) is 1. The molecule has 1 aromatic heterocycles. The lowest BCUT2D eigenvalue weighted by Crippen LogP contribution is -2.18. The molecule has 5 heteroatoms. The zero-order chi connectivity index (χ0) is 9.14. The summed E-state index contributed by atoms with van der Waals surface area (Å²) in [6, 6.07) is 0. The van der Waals surface area contributed by atoms with Crippen LogP contribution in [0.15, 0.2) is 4.79 Å². The van der Waals surface area contributed by atoms with Crippen molar-refractivity contribution < 1.29 is 0 Å². The quantitative estimate of drug-likeness (QED) is 0.676. The molecule has 2 N–H and O–H groups in total. The largest absolute Gasteiger partial charge is 0.296 e. The first-order valence-electron chi connectivity index (χ1n) is 3.77. The fourth-order valence-electron chi connectivity index (χ4n) is 0.897. The number of aromatic nitrogens is 3. The Bertz CT molecular complexity index is 365. The van der Waals surface area contributed by atoms with Gasteiger partial charge in [0.25, 0.3) is 5.56 Å². The van der Waals surface area contributed by atoms with Gasteiger partial charge in [-0.3, -0.25) is 14.9 Å². The lowest BCUT2D eigenvalue weighted by Gasteiger charge is -2.00. The molecular formula is C7H11N3OS. The van der Waals surface area contributed by atoms with Crippen LogP contribution in [0.4, 0.5) is 0 Å². The maximum absolute atomic E-state index is 11.2. The van der Waals surface area contributed by atoms with E-state index in [4.69, 9.17) is 12.2 Å². The van der Waals surface area contributed by atoms with Crippen molar-refractivity contribution in [3.05, 3.63) is 20.8 Å². The van der Waals surface area contributed by atoms with Gasteiger partial charge in [-0.15, -0.1) is 0 Å². The van der Waals surface area contributed by atoms with Crippen molar-refractivity contribution in [3.63, 3.8) is 0 Å². The third-order valence-corrected chi connectivity index (χ3v) is 1.58. The summed E-state index contributed by atoms with van der Waals surface area (Å²) in [5.74, 6) is 0.419. The van der Waals surface area contributed by atoms with Crippen molar-refractivity contribution >= 4 is 12.2 Å². The molecule has 0 aliphatic carbocycles. The Balaban J connectivity index is 3.02. The molecule has 0 aliphatic heterocycles. The fourth-order valence-corrected chi connectivity index (χ4v) is 1.04. The molecule has 4 nitrogen and oxygen atoms in total. The van der Waals surface area contributed by atoms with Crippen LogP contribution in [-0.2, 0) is 6.42 Å². The molecule has 0 unspecified atom stereocenters. The molecule has 1 rings (SSSR count). The molecule has 0 saturated heterocycles. The second kappa shape index (κ2) is 3.62. The van der Waals surface area contributed by atoms with E-state index in [1.165, 1.54) is 0 Å². The SMILES string of the molecule is CC(C)Cc1n[nH]c(=S)[nH]c1=O. The first kappa shape index (κ1) is 9.12. The van der Waals surface area contributed by atoms with Crippen LogP contribution >= 0.6 is 12.2 Å². The van der Waals surface area contributed by atoms with Crippen LogP contribution in [0.5, 0.6) is 0 Å². The number of aromatic amines is 2. The highest BCUT2D eigenvalue weighted by Gasteiger charge is 2.03. The van der Waals surface area contributed by atoms with Gasteiger partial charge in [-0.2, -0.15) is 5.10 Å². The van der Waals surface area contributed by atoms with Crippen molar-refractivity contribution in [2.75, 3.05) is 0 Å². The van der Waals surface area contributed by atoms with Crippen molar-refractivity contribution in [3.8, 4) is 0 Å². The van der Waals surface area contributed by atoms with Gasteiger partial charge in [-0.05, 0) is 24.6 Å². The molecule has 0 radical (unpaired) electrons. The predicted octanol–water partition coefficient (Wildman–Crippen LogP) is 1.03. The molecule has 1 aromatic rings. The van der Waals surface area contributed by atoms with Gasteiger partial charge in [0, 0.05) is 0 Å². The van der Waals surface area contributed by atoms with E-state index in [9.17, 15) is 4.79 Å². The number of nitrogens with one attached hydrogen (secondary N) is 2. The van der Waals surface area contributed by atoms with E-state index >= 15 is 0 Å². The number of H-pyrrole nitrogens is 2. The Kier molecular flexibility index (Phi) is 2.75. The number of rotatable bonds is 2. The monoisotopic (exact) mass is 185 g/mol. The first-order valence-corrected chi connectivity index (χ1v) is 4.18. The predicted molar refractivity (Wildman–Crippen MR) is 48.6 cm³/mol. The van der Waals surface area contributed by atoms with Gasteiger partial charge < -0.3 is 0 Å². The Labute approximate surface area is 75.0 Å². The summed E-state index contributed by atoms with van der Waals surface area (Å²) in [5.41, 5.74) is 0.325. The lowest BCUT2D eigenvalue weighted by molar-refractivity contribution is 0.617. The van der Waals surface area contributed by atoms with Gasteiger partial charge >= 0.3 is 0 Å². The average molecular weight is 185 g/mol. The molecule has 0 amide bonds. The summed E-state index contributed by atoms with van der Waals surface area (Å²) < 4.78 is 0.271. The topological polar surface area (TPSA) is 61.5 Å². The Morgan fingerprint density at radius 3 is 2.75 bits per heavy atom. The second-order valence-corrected chi connectivity index (χ2v) is 3.46. The van der Waals surface area contributed by atoms with Gasteiger partial charge in [0.1, 0.15) is 5.69 Å². The maximum Gasteiger partial charge on any atom is 0.273 e. The minimum absolute atomic E-state index is 0.188. The summed E-state index contributed by atoms with van der Waals surface area (Å²) >= 11 is 4.70. The van der Waals surface area contributed by atoms with E-state index in [1.54, 1.807) is 0 Å². The van der Waals surface area contributed by atoms with Gasteiger partial charge in [-0.25, -0.2) is 0 Å². The second-order valence-electron chi connectivity index (χ2n) is 3.05. The van der Waals surface area contributed by atoms with Gasteiger partial charge in [-0.1, -0.05) is 13.8 Å². The Hall–Kier alpha value is -0.970. The van der Waals surface area contributed by atoms with Crippen molar-refractivity contribution in [1.29, 1.82) is 0 Å². The van der Waals surface area contributed by atoms with Gasteiger partial charge in [0.05, 0.1) is 0 Å². The standard InChI is InChI=1S/C7H11N3OS/c1-4(2)3-5-6(11)8-7(12)10-9-5/h4H,3H2,1-2H3,(H2,8,10,11,12). The van der Waals surface area contributed by atoms with E-state index < -0.39 is 0 Å². The minimum atomic E-state index is -0.188. The highest BCUT2D eigenvalue weighted by Crippen LogP contribution is 1.97. The normalized spacial score (nSPS) is 10.6. The smallest absolute Gasteiger partial charge is 0.273 e. The fraction of sp³-hybridized carbons (Fsp3) is 0.571. The van der Waals surface area contributed by atoms with Crippen LogP contribution in [0, 0.1) is 10.7 Å². The summed E-state index contributed by atoms with van der Waals surface area (Å²) in [7, 11) is 0. The molecule has 0 aromatic carbocycles. The number of hydrogen-bond donors (Lipinski definition) is 2. The van der Waals surface area contributed by atoms with E-state index in [0.29, 0.717) is 18.0 Å². The zero-order valence-corrected chi connectivity index (χ0v) is 7.86. The Morgan fingerprint density at radius 1 is 1.58 bits per heavy atom. The summed E-state index contributed by atoms with van der Waals surface area (Å²) in [6.07, 6.45) is 0.668. The highest BCUT2D eigenvalue weighted by atomic mass is 32.1. The minimum Gasteiger partial charge on any atom is -0.296 e. The maximum atomic E-state index is 11.2. The average Bonchev–Trinajstić information content (AvgIpc) is 1.94. The van der Waals surface area contributed by atoms with E-state index in [1.807, 2.05) is 13.8 Å². The van der Waals surface area contributed by atoms with Crippen LogP contribution in [0.2, 0.25) is 0 Å². The van der Waals surface area contributed by atoms with Gasteiger partial charge in [0.2, 0.25) is 0 Å². The first-order chi connectivity index (χ1) is 5.59. The molecule has 0 aliphatic rings. The van der Waals surface area contributed by atoms with Crippen LogP contribution in [0.3, 0.4) is 0 Å². The summed E-state index contributed by atoms with van der Waals surface area (Å²) in [4.78, 5) is 13.7. The zero-order valence-electron chi connectivity index (χ0n) is 7.05. The lowest BCUT2D eigenvalue weighted by atomic mass is 10.1. The highest BCUT2D eigenvalue weighted by molar-refractivity contribution is 7.71. The molecule has 0 bridgehead atoms. The summed E-state index contributed by atoms with van der Waals surface area (Å²) in [5, 5.41) is 6.40. The molecule has 12 heavy (non-hydrogen) atoms. The van der Waals surface area contributed by atoms with Crippen molar-refractivity contribution in [2.24, 2.45) is 5.92 Å². The number of hydrogen-bond acceptors (Lipinski definition) is 3. The molecule has 0 fully saturated rings. The van der Waals surface area contributed by atoms with E-state index in [2.05, 4.69) is 15.2 Å².